The molecule has 134 valence electrons. The maximum absolute atomic E-state index is 12.7. The lowest BCUT2D eigenvalue weighted by Gasteiger charge is -2.35. The molecule has 2 rings (SSSR count). The van der Waals surface area contributed by atoms with Gasteiger partial charge in [0.15, 0.2) is 0 Å². The highest BCUT2D eigenvalue weighted by Gasteiger charge is 2.41. The predicted molar refractivity (Wildman–Crippen MR) is 75.0 cm³/mol. The van der Waals surface area contributed by atoms with Gasteiger partial charge >= 0.3 is 12.1 Å². The van der Waals surface area contributed by atoms with Gasteiger partial charge in [0, 0.05) is 12.5 Å². The molecule has 9 heteroatoms. The Labute approximate surface area is 136 Å². The van der Waals surface area contributed by atoms with Gasteiger partial charge in [0.1, 0.15) is 17.9 Å². The SMILES string of the molecule is CCOC(=O)[C@H]1C[C@H](Oc2cccc(C(F)(F)F)n2)[C@@H](O)[C@@H](O)C1. The Kier molecular flexibility index (Phi) is 5.66. The Morgan fingerprint density at radius 2 is 2.04 bits per heavy atom. The average Bonchev–Trinajstić information content (AvgIpc) is 2.51. The minimum absolute atomic E-state index is 0.00409. The molecule has 0 aliphatic heterocycles. The van der Waals surface area contributed by atoms with E-state index in [-0.39, 0.29) is 25.3 Å². The van der Waals surface area contributed by atoms with Gasteiger partial charge in [-0.05, 0) is 19.4 Å². The molecule has 24 heavy (non-hydrogen) atoms. The van der Waals surface area contributed by atoms with Crippen LogP contribution in [0.5, 0.6) is 5.88 Å². The molecule has 0 bridgehead atoms. The number of hydrogen-bond donors (Lipinski definition) is 2. The van der Waals surface area contributed by atoms with Gasteiger partial charge in [-0.15, -0.1) is 0 Å². The summed E-state index contributed by atoms with van der Waals surface area (Å²) in [4.78, 5) is 15.1. The second kappa shape index (κ2) is 7.35. The molecule has 1 aromatic heterocycles. The Balaban J connectivity index is 2.13. The zero-order chi connectivity index (χ0) is 17.9. The Hall–Kier alpha value is -1.87. The largest absolute Gasteiger partial charge is 0.471 e. The van der Waals surface area contributed by atoms with Crippen LogP contribution in [0, 0.1) is 5.92 Å². The number of aromatic nitrogens is 1. The topological polar surface area (TPSA) is 88.9 Å². The third-order valence-electron chi connectivity index (χ3n) is 3.72. The summed E-state index contributed by atoms with van der Waals surface area (Å²) in [7, 11) is 0. The van der Waals surface area contributed by atoms with Crippen LogP contribution in [0.15, 0.2) is 18.2 Å². The summed E-state index contributed by atoms with van der Waals surface area (Å²) < 4.78 is 48.2. The van der Waals surface area contributed by atoms with Crippen molar-refractivity contribution in [3.63, 3.8) is 0 Å². The standard InChI is InChI=1S/C15H18F3NO5/c1-2-23-14(22)8-6-9(20)13(21)10(7-8)24-12-5-3-4-11(19-12)15(16,17)18/h3-5,8-10,13,20-21H,2,6-7H2,1H3/t8-,9+,10+,13+/m1/s1. The third kappa shape index (κ3) is 4.35. The zero-order valence-corrected chi connectivity index (χ0v) is 12.9. The molecule has 1 heterocycles. The maximum Gasteiger partial charge on any atom is 0.433 e. The van der Waals surface area contributed by atoms with Gasteiger partial charge in [0.05, 0.1) is 18.6 Å². The smallest absolute Gasteiger partial charge is 0.433 e. The van der Waals surface area contributed by atoms with Crippen molar-refractivity contribution in [1.29, 1.82) is 0 Å². The Morgan fingerprint density at radius 3 is 2.67 bits per heavy atom. The molecule has 0 aromatic carbocycles. The van der Waals surface area contributed by atoms with Gasteiger partial charge in [-0.2, -0.15) is 13.2 Å². The quantitative estimate of drug-likeness (QED) is 0.802. The molecule has 0 amide bonds. The monoisotopic (exact) mass is 349 g/mol. The molecule has 1 aromatic rings. The van der Waals surface area contributed by atoms with Crippen LogP contribution in [0.1, 0.15) is 25.5 Å². The number of ether oxygens (including phenoxy) is 2. The van der Waals surface area contributed by atoms with Crippen molar-refractivity contribution in [2.45, 2.75) is 44.3 Å². The van der Waals surface area contributed by atoms with Crippen LogP contribution < -0.4 is 4.74 Å². The summed E-state index contributed by atoms with van der Waals surface area (Å²) in [5.74, 6) is -1.60. The molecule has 0 saturated heterocycles. The highest BCUT2D eigenvalue weighted by atomic mass is 19.4. The van der Waals surface area contributed by atoms with Crippen molar-refractivity contribution >= 4 is 5.97 Å². The van der Waals surface area contributed by atoms with Crippen molar-refractivity contribution in [2.75, 3.05) is 6.61 Å². The summed E-state index contributed by atoms with van der Waals surface area (Å²) in [5, 5.41) is 19.8. The van der Waals surface area contributed by atoms with Gasteiger partial charge in [-0.1, -0.05) is 6.07 Å². The number of aliphatic hydroxyl groups is 2. The molecule has 1 fully saturated rings. The number of alkyl halides is 3. The number of hydrogen-bond acceptors (Lipinski definition) is 6. The molecule has 0 spiro atoms. The lowest BCUT2D eigenvalue weighted by molar-refractivity contribution is -0.157. The number of rotatable bonds is 4. The van der Waals surface area contributed by atoms with Crippen LogP contribution >= 0.6 is 0 Å². The predicted octanol–water partition coefficient (Wildman–Crippen LogP) is 1.54. The minimum atomic E-state index is -4.63. The molecular formula is C15H18F3NO5. The van der Waals surface area contributed by atoms with Gasteiger partial charge in [0.2, 0.25) is 5.88 Å². The molecule has 2 N–H and O–H groups in total. The number of aliphatic hydroxyl groups excluding tert-OH is 2. The highest BCUT2D eigenvalue weighted by Crippen LogP contribution is 2.31. The van der Waals surface area contributed by atoms with Crippen LogP contribution in [0.2, 0.25) is 0 Å². The van der Waals surface area contributed by atoms with Crippen LogP contribution in [-0.2, 0) is 15.7 Å². The number of halogens is 3. The van der Waals surface area contributed by atoms with Crippen molar-refractivity contribution in [1.82, 2.24) is 4.98 Å². The van der Waals surface area contributed by atoms with E-state index in [4.69, 9.17) is 9.47 Å². The summed E-state index contributed by atoms with van der Waals surface area (Å²) in [6.07, 6.45) is -8.28. The summed E-state index contributed by atoms with van der Waals surface area (Å²) in [6, 6.07) is 3.13. The molecule has 1 saturated carbocycles. The molecule has 1 aliphatic rings. The van der Waals surface area contributed by atoms with E-state index in [1.54, 1.807) is 6.92 Å². The van der Waals surface area contributed by atoms with E-state index in [0.717, 1.165) is 12.1 Å². The minimum Gasteiger partial charge on any atom is -0.471 e. The maximum atomic E-state index is 12.7. The number of nitrogens with zero attached hydrogens (tertiary/aromatic N) is 1. The molecule has 0 radical (unpaired) electrons. The second-order valence-electron chi connectivity index (χ2n) is 5.49. The van der Waals surface area contributed by atoms with Crippen molar-refractivity contribution in [3.05, 3.63) is 23.9 Å². The van der Waals surface area contributed by atoms with E-state index < -0.39 is 42.1 Å². The fourth-order valence-corrected chi connectivity index (χ4v) is 2.56. The average molecular weight is 349 g/mol. The first-order valence-corrected chi connectivity index (χ1v) is 7.46. The summed E-state index contributed by atoms with van der Waals surface area (Å²) in [6.45, 7) is 1.79. The normalized spacial score (nSPS) is 27.6. The lowest BCUT2D eigenvalue weighted by atomic mass is 9.83. The van der Waals surface area contributed by atoms with E-state index in [1.165, 1.54) is 6.07 Å². The zero-order valence-electron chi connectivity index (χ0n) is 12.9. The van der Waals surface area contributed by atoms with Crippen LogP contribution in [0.3, 0.4) is 0 Å². The van der Waals surface area contributed by atoms with Crippen molar-refractivity contribution in [2.24, 2.45) is 5.92 Å². The number of carbonyl (C=O) groups is 1. The van der Waals surface area contributed by atoms with Crippen LogP contribution in [0.25, 0.3) is 0 Å². The van der Waals surface area contributed by atoms with E-state index in [9.17, 15) is 28.2 Å². The molecular weight excluding hydrogens is 331 g/mol. The molecule has 0 unspecified atom stereocenters. The van der Waals surface area contributed by atoms with Crippen molar-refractivity contribution in [3.8, 4) is 5.88 Å². The second-order valence-corrected chi connectivity index (χ2v) is 5.49. The van der Waals surface area contributed by atoms with E-state index in [0.29, 0.717) is 0 Å². The van der Waals surface area contributed by atoms with E-state index >= 15 is 0 Å². The fraction of sp³-hybridized carbons (Fsp3) is 0.600. The van der Waals surface area contributed by atoms with Gasteiger partial charge < -0.3 is 19.7 Å². The Bertz CT molecular complexity index is 580. The first-order chi connectivity index (χ1) is 11.2. The van der Waals surface area contributed by atoms with E-state index in [2.05, 4.69) is 4.98 Å². The van der Waals surface area contributed by atoms with Crippen LogP contribution in [-0.4, -0.2) is 46.1 Å². The van der Waals surface area contributed by atoms with E-state index in [1.807, 2.05) is 0 Å². The molecule has 4 atom stereocenters. The summed E-state index contributed by atoms with van der Waals surface area (Å²) >= 11 is 0. The number of pyridine rings is 1. The van der Waals surface area contributed by atoms with Crippen molar-refractivity contribution < 1.29 is 37.7 Å². The number of esters is 1. The van der Waals surface area contributed by atoms with Gasteiger partial charge in [0.25, 0.3) is 0 Å². The van der Waals surface area contributed by atoms with Gasteiger partial charge in [-0.3, -0.25) is 4.79 Å². The first-order valence-electron chi connectivity index (χ1n) is 7.46. The molecule has 6 nitrogen and oxygen atoms in total. The fourth-order valence-electron chi connectivity index (χ4n) is 2.56. The number of carbonyl (C=O) groups excluding carboxylic acids is 1. The van der Waals surface area contributed by atoms with Gasteiger partial charge in [-0.25, -0.2) is 4.98 Å². The third-order valence-corrected chi connectivity index (χ3v) is 3.72. The molecule has 1 aliphatic carbocycles. The first kappa shape index (κ1) is 18.5. The van der Waals surface area contributed by atoms with Crippen LogP contribution in [0.4, 0.5) is 13.2 Å². The summed E-state index contributed by atoms with van der Waals surface area (Å²) in [5.41, 5.74) is -1.13. The Morgan fingerprint density at radius 1 is 1.33 bits per heavy atom. The lowest BCUT2D eigenvalue weighted by Crippen LogP contribution is -2.49. The highest BCUT2D eigenvalue weighted by molar-refractivity contribution is 5.72.